The minimum absolute atomic E-state index is 0.125. The molecular weight excluding hydrogens is 226 g/mol. The maximum Gasteiger partial charge on any atom is 0.0644 e. The number of aromatic nitrogens is 2. The van der Waals surface area contributed by atoms with E-state index in [1.807, 2.05) is 11.7 Å². The lowest BCUT2D eigenvalue weighted by atomic mass is 9.92. The van der Waals surface area contributed by atoms with Crippen molar-refractivity contribution >= 4 is 0 Å². The van der Waals surface area contributed by atoms with Gasteiger partial charge < -0.3 is 10.4 Å². The number of nitrogens with zero attached hydrogens (tertiary/aromatic N) is 2. The highest BCUT2D eigenvalue weighted by Gasteiger charge is 2.23. The summed E-state index contributed by atoms with van der Waals surface area (Å²) in [5.74, 6) is 0. The van der Waals surface area contributed by atoms with Crippen LogP contribution in [-0.2, 0) is 7.05 Å². The van der Waals surface area contributed by atoms with Gasteiger partial charge in [0.15, 0.2) is 0 Å². The number of nitrogens with one attached hydrogen (secondary N) is 1. The average Bonchev–Trinajstić information content (AvgIpc) is 2.53. The number of hydrogen-bond donors (Lipinski definition) is 2. The van der Waals surface area contributed by atoms with Crippen molar-refractivity contribution in [1.29, 1.82) is 0 Å². The summed E-state index contributed by atoms with van der Waals surface area (Å²) in [5, 5.41) is 17.8. The Hall–Kier alpha value is -0.870. The first-order valence-corrected chi connectivity index (χ1v) is 6.93. The summed E-state index contributed by atoms with van der Waals surface area (Å²) in [5.41, 5.74) is 3.63. The lowest BCUT2D eigenvalue weighted by molar-refractivity contribution is 0.109. The standard InChI is InChI=1S/C14H25N3O/c1-9(14-10(2)16-17(4)11(14)3)15-12-6-5-7-13(18)8-12/h9,12-13,15,18H,5-8H2,1-4H3. The predicted molar refractivity (Wildman–Crippen MR) is 72.5 cm³/mol. The molecule has 2 N–H and O–H groups in total. The topological polar surface area (TPSA) is 50.1 Å². The monoisotopic (exact) mass is 251 g/mol. The van der Waals surface area contributed by atoms with Crippen LogP contribution in [0.3, 0.4) is 0 Å². The predicted octanol–water partition coefficient (Wildman–Crippen LogP) is 1.99. The summed E-state index contributed by atoms with van der Waals surface area (Å²) in [4.78, 5) is 0. The molecule has 0 saturated heterocycles. The molecule has 0 amide bonds. The van der Waals surface area contributed by atoms with Gasteiger partial charge in [0.1, 0.15) is 0 Å². The van der Waals surface area contributed by atoms with Crippen LogP contribution in [0, 0.1) is 13.8 Å². The van der Waals surface area contributed by atoms with E-state index in [1.54, 1.807) is 0 Å². The van der Waals surface area contributed by atoms with Crippen molar-refractivity contribution in [2.75, 3.05) is 0 Å². The van der Waals surface area contributed by atoms with E-state index in [0.717, 1.165) is 25.0 Å². The zero-order valence-electron chi connectivity index (χ0n) is 11.9. The van der Waals surface area contributed by atoms with Crippen molar-refractivity contribution in [2.45, 2.75) is 64.6 Å². The van der Waals surface area contributed by atoms with E-state index in [4.69, 9.17) is 0 Å². The number of aryl methyl sites for hydroxylation is 2. The fraction of sp³-hybridized carbons (Fsp3) is 0.786. The number of aliphatic hydroxyl groups is 1. The summed E-state index contributed by atoms with van der Waals surface area (Å²) < 4.78 is 1.94. The molecule has 0 bridgehead atoms. The van der Waals surface area contributed by atoms with E-state index in [0.29, 0.717) is 12.1 Å². The van der Waals surface area contributed by atoms with E-state index in [2.05, 4.69) is 31.2 Å². The quantitative estimate of drug-likeness (QED) is 0.864. The highest BCUT2D eigenvalue weighted by Crippen LogP contribution is 2.25. The van der Waals surface area contributed by atoms with E-state index in [-0.39, 0.29) is 6.10 Å². The molecule has 4 heteroatoms. The van der Waals surface area contributed by atoms with Gasteiger partial charge in [-0.1, -0.05) is 0 Å². The Morgan fingerprint density at radius 3 is 2.67 bits per heavy atom. The summed E-state index contributed by atoms with van der Waals surface area (Å²) in [6, 6.07) is 0.733. The molecule has 1 fully saturated rings. The van der Waals surface area contributed by atoms with Crippen LogP contribution < -0.4 is 5.32 Å². The van der Waals surface area contributed by atoms with Crippen LogP contribution in [0.2, 0.25) is 0 Å². The third kappa shape index (κ3) is 2.75. The van der Waals surface area contributed by atoms with Gasteiger partial charge in [-0.05, 0) is 46.5 Å². The average molecular weight is 251 g/mol. The molecule has 3 unspecified atom stereocenters. The molecule has 1 aromatic rings. The number of hydrogen-bond acceptors (Lipinski definition) is 3. The van der Waals surface area contributed by atoms with Crippen molar-refractivity contribution in [3.63, 3.8) is 0 Å². The Bertz CT molecular complexity index is 413. The molecule has 1 aliphatic carbocycles. The van der Waals surface area contributed by atoms with Gasteiger partial charge in [-0.3, -0.25) is 4.68 Å². The van der Waals surface area contributed by atoms with E-state index >= 15 is 0 Å². The molecule has 0 spiro atoms. The molecule has 4 nitrogen and oxygen atoms in total. The lowest BCUT2D eigenvalue weighted by Crippen LogP contribution is -2.37. The number of rotatable bonds is 3. The Labute approximate surface area is 109 Å². The summed E-state index contributed by atoms with van der Waals surface area (Å²) in [6.07, 6.45) is 4.00. The maximum absolute atomic E-state index is 9.72. The molecule has 102 valence electrons. The van der Waals surface area contributed by atoms with Gasteiger partial charge in [-0.25, -0.2) is 0 Å². The normalized spacial score (nSPS) is 26.3. The van der Waals surface area contributed by atoms with Gasteiger partial charge in [0.2, 0.25) is 0 Å². The molecule has 1 heterocycles. The van der Waals surface area contributed by atoms with Crippen molar-refractivity contribution < 1.29 is 5.11 Å². The largest absolute Gasteiger partial charge is 0.393 e. The van der Waals surface area contributed by atoms with Crippen LogP contribution in [0.1, 0.15) is 55.6 Å². The highest BCUT2D eigenvalue weighted by molar-refractivity contribution is 5.27. The zero-order chi connectivity index (χ0) is 13.3. The molecule has 3 atom stereocenters. The smallest absolute Gasteiger partial charge is 0.0644 e. The Balaban J connectivity index is 2.05. The third-order valence-corrected chi connectivity index (χ3v) is 4.13. The maximum atomic E-state index is 9.72. The van der Waals surface area contributed by atoms with Gasteiger partial charge in [0.05, 0.1) is 11.8 Å². The molecule has 0 radical (unpaired) electrons. The first-order valence-electron chi connectivity index (χ1n) is 6.93. The van der Waals surface area contributed by atoms with Gasteiger partial charge >= 0.3 is 0 Å². The zero-order valence-corrected chi connectivity index (χ0v) is 11.9. The SMILES string of the molecule is Cc1nn(C)c(C)c1C(C)NC1CCCC(O)C1. The van der Waals surface area contributed by atoms with E-state index < -0.39 is 0 Å². The fourth-order valence-electron chi connectivity index (χ4n) is 3.17. The van der Waals surface area contributed by atoms with Crippen LogP contribution in [0.5, 0.6) is 0 Å². The van der Waals surface area contributed by atoms with Gasteiger partial charge in [-0.15, -0.1) is 0 Å². The van der Waals surface area contributed by atoms with Gasteiger partial charge in [0, 0.05) is 30.4 Å². The minimum atomic E-state index is -0.125. The van der Waals surface area contributed by atoms with E-state index in [9.17, 15) is 5.11 Å². The van der Waals surface area contributed by atoms with Gasteiger partial charge in [0.25, 0.3) is 0 Å². The summed E-state index contributed by atoms with van der Waals surface area (Å²) >= 11 is 0. The van der Waals surface area contributed by atoms with Crippen molar-refractivity contribution in [3.05, 3.63) is 17.0 Å². The molecule has 1 aromatic heterocycles. The Morgan fingerprint density at radius 2 is 2.11 bits per heavy atom. The van der Waals surface area contributed by atoms with Crippen LogP contribution in [0.4, 0.5) is 0 Å². The Kier molecular flexibility index (Phi) is 4.07. The second-order valence-corrected chi connectivity index (χ2v) is 5.61. The molecule has 1 saturated carbocycles. The molecule has 1 aliphatic rings. The van der Waals surface area contributed by atoms with E-state index in [1.165, 1.54) is 17.7 Å². The second kappa shape index (κ2) is 5.41. The Morgan fingerprint density at radius 1 is 1.39 bits per heavy atom. The first kappa shape index (κ1) is 13.6. The first-order chi connectivity index (χ1) is 8.49. The summed E-state index contributed by atoms with van der Waals surface area (Å²) in [7, 11) is 1.99. The minimum Gasteiger partial charge on any atom is -0.393 e. The summed E-state index contributed by atoms with van der Waals surface area (Å²) in [6.45, 7) is 6.37. The van der Waals surface area contributed by atoms with Crippen LogP contribution in [0.15, 0.2) is 0 Å². The van der Waals surface area contributed by atoms with Crippen molar-refractivity contribution in [1.82, 2.24) is 15.1 Å². The second-order valence-electron chi connectivity index (χ2n) is 5.61. The van der Waals surface area contributed by atoms with Crippen LogP contribution >= 0.6 is 0 Å². The van der Waals surface area contributed by atoms with Crippen molar-refractivity contribution in [3.8, 4) is 0 Å². The molecule has 2 rings (SSSR count). The molecule has 0 aromatic carbocycles. The molecule has 18 heavy (non-hydrogen) atoms. The lowest BCUT2D eigenvalue weighted by Gasteiger charge is -2.29. The molecular formula is C14H25N3O. The third-order valence-electron chi connectivity index (χ3n) is 4.13. The van der Waals surface area contributed by atoms with Crippen LogP contribution in [-0.4, -0.2) is 27.0 Å². The molecule has 0 aliphatic heterocycles. The number of aliphatic hydroxyl groups excluding tert-OH is 1. The van der Waals surface area contributed by atoms with Gasteiger partial charge in [-0.2, -0.15) is 5.10 Å². The highest BCUT2D eigenvalue weighted by atomic mass is 16.3. The fourth-order valence-corrected chi connectivity index (χ4v) is 3.17. The van der Waals surface area contributed by atoms with Crippen molar-refractivity contribution in [2.24, 2.45) is 7.05 Å². The van der Waals surface area contributed by atoms with Crippen LogP contribution in [0.25, 0.3) is 0 Å².